The SMILES string of the molecule is O=C(Nc1ccc(-c2nc3cc4ccccc4cc3[nH]2)cc1)C(F)(F)F. The molecule has 3 aromatic carbocycles. The molecule has 0 radical (unpaired) electrons. The first-order valence-electron chi connectivity index (χ1n) is 7.77. The molecule has 7 heteroatoms. The van der Waals surface area contributed by atoms with Gasteiger partial charge in [0.25, 0.3) is 0 Å². The quantitative estimate of drug-likeness (QED) is 0.538. The number of nitrogens with one attached hydrogen (secondary N) is 2. The van der Waals surface area contributed by atoms with Crippen molar-refractivity contribution in [3.8, 4) is 11.4 Å². The summed E-state index contributed by atoms with van der Waals surface area (Å²) in [6.45, 7) is 0. The number of H-pyrrole nitrogens is 1. The van der Waals surface area contributed by atoms with Crippen molar-refractivity contribution in [1.29, 1.82) is 0 Å². The highest BCUT2D eigenvalue weighted by atomic mass is 19.4. The zero-order chi connectivity index (χ0) is 18.3. The number of fused-ring (bicyclic) bond motifs is 2. The summed E-state index contributed by atoms with van der Waals surface area (Å²) in [5.41, 5.74) is 2.44. The molecule has 4 aromatic rings. The number of nitrogens with zero attached hydrogens (tertiary/aromatic N) is 1. The van der Waals surface area contributed by atoms with E-state index in [-0.39, 0.29) is 5.69 Å². The van der Waals surface area contributed by atoms with Crippen molar-refractivity contribution in [2.24, 2.45) is 0 Å². The van der Waals surface area contributed by atoms with Gasteiger partial charge in [-0.05, 0) is 47.2 Å². The first kappa shape index (κ1) is 16.1. The summed E-state index contributed by atoms with van der Waals surface area (Å²) in [7, 11) is 0. The van der Waals surface area contributed by atoms with Crippen LogP contribution in [0, 0.1) is 0 Å². The Hall–Kier alpha value is -3.35. The number of carbonyl (C=O) groups is 1. The van der Waals surface area contributed by atoms with E-state index in [9.17, 15) is 18.0 Å². The zero-order valence-electron chi connectivity index (χ0n) is 13.3. The predicted octanol–water partition coefficient (Wildman–Crippen LogP) is 4.88. The Morgan fingerprint density at radius 2 is 1.62 bits per heavy atom. The van der Waals surface area contributed by atoms with Crippen LogP contribution in [0.2, 0.25) is 0 Å². The molecule has 0 atom stereocenters. The average Bonchev–Trinajstić information content (AvgIpc) is 3.02. The second-order valence-corrected chi connectivity index (χ2v) is 5.83. The van der Waals surface area contributed by atoms with Crippen LogP contribution in [0.25, 0.3) is 33.2 Å². The highest BCUT2D eigenvalue weighted by molar-refractivity contribution is 5.96. The second-order valence-electron chi connectivity index (χ2n) is 5.83. The number of hydrogen-bond acceptors (Lipinski definition) is 2. The number of amides is 1. The largest absolute Gasteiger partial charge is 0.471 e. The van der Waals surface area contributed by atoms with Gasteiger partial charge in [0.2, 0.25) is 0 Å². The Balaban J connectivity index is 1.65. The van der Waals surface area contributed by atoms with Crippen LogP contribution in [0.15, 0.2) is 60.7 Å². The second kappa shape index (κ2) is 5.87. The number of aromatic nitrogens is 2. The molecule has 0 fully saturated rings. The van der Waals surface area contributed by atoms with E-state index in [1.54, 1.807) is 12.1 Å². The molecule has 0 saturated carbocycles. The summed E-state index contributed by atoms with van der Waals surface area (Å²) in [6.07, 6.45) is -4.92. The van der Waals surface area contributed by atoms with E-state index in [1.165, 1.54) is 12.1 Å². The lowest BCUT2D eigenvalue weighted by Gasteiger charge is -2.08. The molecule has 0 aliphatic heterocycles. The van der Waals surface area contributed by atoms with Crippen molar-refractivity contribution >= 4 is 33.4 Å². The number of aromatic amines is 1. The first-order chi connectivity index (χ1) is 12.4. The Bertz CT molecular complexity index is 1060. The van der Waals surface area contributed by atoms with Gasteiger partial charge in [0.1, 0.15) is 5.82 Å². The number of halogens is 3. The number of carbonyl (C=O) groups excluding carboxylic acids is 1. The van der Waals surface area contributed by atoms with Gasteiger partial charge in [-0.2, -0.15) is 13.2 Å². The van der Waals surface area contributed by atoms with Gasteiger partial charge in [-0.3, -0.25) is 4.79 Å². The van der Waals surface area contributed by atoms with Crippen LogP contribution in [0.3, 0.4) is 0 Å². The zero-order valence-corrected chi connectivity index (χ0v) is 13.3. The van der Waals surface area contributed by atoms with Crippen LogP contribution in [0.4, 0.5) is 18.9 Å². The minimum absolute atomic E-state index is 0.0675. The molecule has 4 nitrogen and oxygen atoms in total. The standard InChI is InChI=1S/C19H12F3N3O/c20-19(21,22)18(26)23-14-7-5-11(6-8-14)17-24-15-9-12-3-1-2-4-13(12)10-16(15)25-17/h1-10H,(H,23,26)(H,24,25). The molecule has 0 saturated heterocycles. The fraction of sp³-hybridized carbons (Fsp3) is 0.0526. The molecule has 0 spiro atoms. The summed E-state index contributed by atoms with van der Waals surface area (Å²) in [4.78, 5) is 18.7. The van der Waals surface area contributed by atoms with Crippen molar-refractivity contribution in [2.45, 2.75) is 6.18 Å². The van der Waals surface area contributed by atoms with Gasteiger partial charge in [-0.1, -0.05) is 24.3 Å². The fourth-order valence-corrected chi connectivity index (χ4v) is 2.75. The maximum absolute atomic E-state index is 12.3. The molecular formula is C19H12F3N3O. The van der Waals surface area contributed by atoms with E-state index in [4.69, 9.17) is 0 Å². The Kier molecular flexibility index (Phi) is 3.64. The highest BCUT2D eigenvalue weighted by Crippen LogP contribution is 2.26. The number of rotatable bonds is 2. The maximum atomic E-state index is 12.3. The molecule has 2 N–H and O–H groups in total. The Morgan fingerprint density at radius 1 is 0.962 bits per heavy atom. The lowest BCUT2D eigenvalue weighted by atomic mass is 10.1. The molecule has 4 rings (SSSR count). The van der Waals surface area contributed by atoms with Crippen LogP contribution >= 0.6 is 0 Å². The predicted molar refractivity (Wildman–Crippen MR) is 93.7 cm³/mol. The summed E-state index contributed by atoms with van der Waals surface area (Å²) in [5.74, 6) is -1.40. The van der Waals surface area contributed by atoms with Crippen LogP contribution in [-0.4, -0.2) is 22.1 Å². The highest BCUT2D eigenvalue weighted by Gasteiger charge is 2.38. The van der Waals surface area contributed by atoms with E-state index in [1.807, 2.05) is 41.7 Å². The van der Waals surface area contributed by atoms with Gasteiger partial charge >= 0.3 is 12.1 Å². The summed E-state index contributed by atoms with van der Waals surface area (Å²) >= 11 is 0. The normalized spacial score (nSPS) is 11.8. The molecule has 0 aliphatic rings. The van der Waals surface area contributed by atoms with Crippen LogP contribution in [-0.2, 0) is 4.79 Å². The van der Waals surface area contributed by atoms with Gasteiger partial charge in [0.15, 0.2) is 0 Å². The molecule has 1 aromatic heterocycles. The van der Waals surface area contributed by atoms with Gasteiger partial charge in [0.05, 0.1) is 11.0 Å². The number of benzene rings is 3. The number of imidazole rings is 1. The number of alkyl halides is 3. The van der Waals surface area contributed by atoms with Gasteiger partial charge in [0, 0.05) is 11.3 Å². The smallest absolute Gasteiger partial charge is 0.338 e. The monoisotopic (exact) mass is 355 g/mol. The average molecular weight is 355 g/mol. The van der Waals surface area contributed by atoms with E-state index in [0.29, 0.717) is 11.4 Å². The molecule has 1 heterocycles. The van der Waals surface area contributed by atoms with Crippen LogP contribution < -0.4 is 5.32 Å². The molecule has 0 bridgehead atoms. The maximum Gasteiger partial charge on any atom is 0.471 e. The fourth-order valence-electron chi connectivity index (χ4n) is 2.75. The lowest BCUT2D eigenvalue weighted by Crippen LogP contribution is -2.29. The molecule has 130 valence electrons. The molecule has 0 aliphatic carbocycles. The third kappa shape index (κ3) is 2.99. The third-order valence-electron chi connectivity index (χ3n) is 4.02. The van der Waals surface area contributed by atoms with Gasteiger partial charge in [-0.25, -0.2) is 4.98 Å². The molecule has 0 unspecified atom stereocenters. The Labute approximate surface area is 145 Å². The third-order valence-corrected chi connectivity index (χ3v) is 4.02. The van der Waals surface area contributed by atoms with Gasteiger partial charge < -0.3 is 10.3 Å². The lowest BCUT2D eigenvalue weighted by molar-refractivity contribution is -0.167. The topological polar surface area (TPSA) is 57.8 Å². The molecular weight excluding hydrogens is 343 g/mol. The van der Waals surface area contributed by atoms with Crippen LogP contribution in [0.5, 0.6) is 0 Å². The summed E-state index contributed by atoms with van der Waals surface area (Å²) in [5, 5.41) is 3.97. The van der Waals surface area contributed by atoms with Crippen molar-refractivity contribution in [3.63, 3.8) is 0 Å². The summed E-state index contributed by atoms with van der Waals surface area (Å²) in [6, 6.07) is 17.9. The molecule has 1 amide bonds. The van der Waals surface area contributed by atoms with Crippen molar-refractivity contribution in [2.75, 3.05) is 5.32 Å². The van der Waals surface area contributed by atoms with Crippen molar-refractivity contribution in [3.05, 3.63) is 60.7 Å². The summed E-state index contributed by atoms with van der Waals surface area (Å²) < 4.78 is 36.9. The van der Waals surface area contributed by atoms with Crippen molar-refractivity contribution in [1.82, 2.24) is 9.97 Å². The first-order valence-corrected chi connectivity index (χ1v) is 7.77. The van der Waals surface area contributed by atoms with Gasteiger partial charge in [-0.15, -0.1) is 0 Å². The van der Waals surface area contributed by atoms with E-state index < -0.39 is 12.1 Å². The van der Waals surface area contributed by atoms with Crippen molar-refractivity contribution < 1.29 is 18.0 Å². The van der Waals surface area contributed by atoms with E-state index >= 15 is 0 Å². The van der Waals surface area contributed by atoms with Crippen LogP contribution in [0.1, 0.15) is 0 Å². The molecule has 26 heavy (non-hydrogen) atoms. The van der Waals surface area contributed by atoms with E-state index in [0.717, 1.165) is 21.8 Å². The number of hydrogen-bond donors (Lipinski definition) is 2. The minimum atomic E-state index is -4.92. The van der Waals surface area contributed by atoms with E-state index in [2.05, 4.69) is 9.97 Å². The number of anilines is 1. The minimum Gasteiger partial charge on any atom is -0.338 e. The Morgan fingerprint density at radius 3 is 2.27 bits per heavy atom.